The van der Waals surface area contributed by atoms with Crippen LogP contribution in [0.2, 0.25) is 0 Å². The van der Waals surface area contributed by atoms with Crippen molar-refractivity contribution in [3.8, 4) is 5.95 Å². The van der Waals surface area contributed by atoms with Crippen LogP contribution in [0.4, 0.5) is 0 Å². The quantitative estimate of drug-likeness (QED) is 0.640. The zero-order valence-corrected chi connectivity index (χ0v) is 9.50. The predicted octanol–water partition coefficient (Wildman–Crippen LogP) is 3.65. The van der Waals surface area contributed by atoms with Crippen molar-refractivity contribution in [1.82, 2.24) is 0 Å². The minimum atomic E-state index is -0.422. The van der Waals surface area contributed by atoms with E-state index in [-0.39, 0.29) is 5.95 Å². The largest absolute Gasteiger partial charge is 0.425 e. The molecule has 3 rings (SSSR count). The second kappa shape index (κ2) is 4.37. The van der Waals surface area contributed by atoms with Crippen molar-refractivity contribution in [2.24, 2.45) is 0 Å². The molecule has 0 amide bonds. The summed E-state index contributed by atoms with van der Waals surface area (Å²) in [5.74, 6) is -0.209. The summed E-state index contributed by atoms with van der Waals surface area (Å²) in [5, 5.41) is 0.911. The Morgan fingerprint density at radius 1 is 0.944 bits per heavy atom. The highest BCUT2D eigenvalue weighted by Gasteiger charge is 2.11. The molecule has 0 aliphatic heterocycles. The van der Waals surface area contributed by atoms with Crippen molar-refractivity contribution in [1.29, 1.82) is 0 Å². The molecule has 0 bridgehead atoms. The van der Waals surface area contributed by atoms with E-state index in [0.29, 0.717) is 11.1 Å². The first-order valence-corrected chi connectivity index (χ1v) is 5.59. The summed E-state index contributed by atoms with van der Waals surface area (Å²) in [5.41, 5.74) is 1.20. The van der Waals surface area contributed by atoms with Gasteiger partial charge in [0.15, 0.2) is 0 Å². The third-order valence-corrected chi connectivity index (χ3v) is 2.61. The van der Waals surface area contributed by atoms with Gasteiger partial charge in [0, 0.05) is 11.5 Å². The zero-order valence-electron chi connectivity index (χ0n) is 9.50. The molecule has 3 aromatic rings. The number of esters is 1. The smallest absolute Gasteiger partial charge is 0.345 e. The van der Waals surface area contributed by atoms with Gasteiger partial charge in [-0.15, -0.1) is 0 Å². The van der Waals surface area contributed by atoms with E-state index in [9.17, 15) is 4.79 Å². The number of hydrogen-bond acceptors (Lipinski definition) is 3. The summed E-state index contributed by atoms with van der Waals surface area (Å²) in [7, 11) is 0. The Morgan fingerprint density at radius 3 is 2.44 bits per heavy atom. The molecule has 1 heterocycles. The lowest BCUT2D eigenvalue weighted by Crippen LogP contribution is -2.07. The third-order valence-electron chi connectivity index (χ3n) is 2.61. The highest BCUT2D eigenvalue weighted by atomic mass is 16.6. The van der Waals surface area contributed by atoms with Crippen LogP contribution in [-0.2, 0) is 0 Å². The average Bonchev–Trinajstić information content (AvgIpc) is 2.82. The fourth-order valence-corrected chi connectivity index (χ4v) is 1.73. The lowest BCUT2D eigenvalue weighted by Gasteiger charge is -1.99. The van der Waals surface area contributed by atoms with Gasteiger partial charge in [-0.2, -0.15) is 0 Å². The van der Waals surface area contributed by atoms with Gasteiger partial charge >= 0.3 is 5.97 Å². The molecule has 0 N–H and O–H groups in total. The maximum absolute atomic E-state index is 11.8. The highest BCUT2D eigenvalue weighted by molar-refractivity contribution is 5.91. The van der Waals surface area contributed by atoms with E-state index in [1.807, 2.05) is 30.3 Å². The summed E-state index contributed by atoms with van der Waals surface area (Å²) in [6, 6.07) is 18.0. The van der Waals surface area contributed by atoms with E-state index in [0.717, 1.165) is 5.39 Å². The van der Waals surface area contributed by atoms with Crippen LogP contribution in [0.5, 0.6) is 5.95 Å². The molecule has 0 aliphatic rings. The number of hydrogen-bond donors (Lipinski definition) is 0. The van der Waals surface area contributed by atoms with E-state index in [2.05, 4.69) is 0 Å². The van der Waals surface area contributed by atoms with Gasteiger partial charge in [0.2, 0.25) is 0 Å². The maximum Gasteiger partial charge on any atom is 0.345 e. The van der Waals surface area contributed by atoms with Crippen molar-refractivity contribution >= 4 is 16.9 Å². The van der Waals surface area contributed by atoms with Crippen LogP contribution in [0.25, 0.3) is 11.0 Å². The number of rotatable bonds is 2. The predicted molar refractivity (Wildman–Crippen MR) is 67.6 cm³/mol. The topological polar surface area (TPSA) is 39.4 Å². The van der Waals surface area contributed by atoms with Gasteiger partial charge in [-0.25, -0.2) is 4.79 Å². The normalized spacial score (nSPS) is 10.4. The third kappa shape index (κ3) is 1.98. The fourth-order valence-electron chi connectivity index (χ4n) is 1.73. The molecule has 0 saturated heterocycles. The molecule has 3 heteroatoms. The Bertz CT molecular complexity index is 650. The van der Waals surface area contributed by atoms with E-state index in [1.54, 1.807) is 30.3 Å². The van der Waals surface area contributed by atoms with Crippen molar-refractivity contribution in [2.45, 2.75) is 0 Å². The number of furan rings is 1. The Kier molecular flexibility index (Phi) is 2.57. The second-order valence-electron chi connectivity index (χ2n) is 3.86. The van der Waals surface area contributed by atoms with E-state index in [1.165, 1.54) is 0 Å². The second-order valence-corrected chi connectivity index (χ2v) is 3.86. The van der Waals surface area contributed by atoms with Gasteiger partial charge in [-0.1, -0.05) is 36.4 Å². The highest BCUT2D eigenvalue weighted by Crippen LogP contribution is 2.25. The van der Waals surface area contributed by atoms with E-state index >= 15 is 0 Å². The van der Waals surface area contributed by atoms with Gasteiger partial charge in [-0.3, -0.25) is 0 Å². The minimum absolute atomic E-state index is 0.213. The van der Waals surface area contributed by atoms with E-state index < -0.39 is 5.97 Å². The lowest BCUT2D eigenvalue weighted by molar-refractivity contribution is 0.0697. The minimum Gasteiger partial charge on any atom is -0.425 e. The summed E-state index contributed by atoms with van der Waals surface area (Å²) < 4.78 is 10.6. The molecular formula is C15H10O3. The van der Waals surface area contributed by atoms with Gasteiger partial charge in [0.1, 0.15) is 5.58 Å². The standard InChI is InChI=1S/C15H10O3/c16-15(11-6-2-1-3-7-11)18-14-10-12-8-4-5-9-13(12)17-14/h1-10H. The van der Waals surface area contributed by atoms with Gasteiger partial charge in [-0.05, 0) is 18.2 Å². The molecule has 0 fully saturated rings. The first kappa shape index (κ1) is 10.6. The molecule has 0 spiro atoms. The Hall–Kier alpha value is -2.55. The molecule has 0 unspecified atom stereocenters. The lowest BCUT2D eigenvalue weighted by atomic mass is 10.2. The first-order chi connectivity index (χ1) is 8.83. The van der Waals surface area contributed by atoms with Crippen LogP contribution in [0.15, 0.2) is 65.1 Å². The SMILES string of the molecule is O=C(Oc1cc2ccccc2o1)c1ccccc1. The number of carbonyl (C=O) groups excluding carboxylic acids is 1. The fraction of sp³-hybridized carbons (Fsp3) is 0. The van der Waals surface area contributed by atoms with Crippen molar-refractivity contribution in [3.63, 3.8) is 0 Å². The molecule has 88 valence electrons. The maximum atomic E-state index is 11.8. The van der Waals surface area contributed by atoms with Crippen LogP contribution in [0.1, 0.15) is 10.4 Å². The Labute approximate surface area is 104 Å². The van der Waals surface area contributed by atoms with Crippen molar-refractivity contribution in [3.05, 3.63) is 66.2 Å². The molecule has 2 aromatic carbocycles. The summed E-state index contributed by atoms with van der Waals surface area (Å²) in [4.78, 5) is 11.8. The van der Waals surface area contributed by atoms with E-state index in [4.69, 9.17) is 9.15 Å². The molecule has 0 aliphatic carbocycles. The van der Waals surface area contributed by atoms with Gasteiger partial charge < -0.3 is 9.15 Å². The Morgan fingerprint density at radius 2 is 1.67 bits per heavy atom. The summed E-state index contributed by atoms with van der Waals surface area (Å²) in [6.07, 6.45) is 0. The molecule has 0 atom stereocenters. The molecule has 1 aromatic heterocycles. The number of fused-ring (bicyclic) bond motifs is 1. The average molecular weight is 238 g/mol. The monoisotopic (exact) mass is 238 g/mol. The molecule has 0 radical (unpaired) electrons. The van der Waals surface area contributed by atoms with Gasteiger partial charge in [0.25, 0.3) is 5.95 Å². The molecule has 0 saturated carbocycles. The van der Waals surface area contributed by atoms with Gasteiger partial charge in [0.05, 0.1) is 5.56 Å². The molecular weight excluding hydrogens is 228 g/mol. The first-order valence-electron chi connectivity index (χ1n) is 5.59. The zero-order chi connectivity index (χ0) is 12.4. The summed E-state index contributed by atoms with van der Waals surface area (Å²) in [6.45, 7) is 0. The number of carbonyl (C=O) groups is 1. The van der Waals surface area contributed by atoms with Crippen LogP contribution in [0, 0.1) is 0 Å². The number of para-hydroxylation sites is 1. The molecule has 3 nitrogen and oxygen atoms in total. The number of benzene rings is 2. The molecule has 18 heavy (non-hydrogen) atoms. The van der Waals surface area contributed by atoms with Crippen LogP contribution >= 0.6 is 0 Å². The van der Waals surface area contributed by atoms with Crippen LogP contribution in [-0.4, -0.2) is 5.97 Å². The van der Waals surface area contributed by atoms with Crippen molar-refractivity contribution < 1.29 is 13.9 Å². The van der Waals surface area contributed by atoms with Crippen LogP contribution in [0.3, 0.4) is 0 Å². The van der Waals surface area contributed by atoms with Crippen LogP contribution < -0.4 is 4.74 Å². The number of ether oxygens (including phenoxy) is 1. The van der Waals surface area contributed by atoms with Crippen molar-refractivity contribution in [2.75, 3.05) is 0 Å². The summed E-state index contributed by atoms with van der Waals surface area (Å²) >= 11 is 0. The Balaban J connectivity index is 1.86.